The molecule has 0 atom stereocenters. The smallest absolute Gasteiger partial charge is 0.270 e. The zero-order valence-electron chi connectivity index (χ0n) is 8.42. The summed E-state index contributed by atoms with van der Waals surface area (Å²) in [5, 5.41) is 15.5. The van der Waals surface area contributed by atoms with Crippen molar-refractivity contribution in [2.75, 3.05) is 5.32 Å². The van der Waals surface area contributed by atoms with Crippen LogP contribution in [0.3, 0.4) is 0 Å². The highest BCUT2D eigenvalue weighted by Gasteiger charge is 2.02. The van der Waals surface area contributed by atoms with Gasteiger partial charge < -0.3 is 10.5 Å². The molecule has 4 heteroatoms. The van der Waals surface area contributed by atoms with E-state index in [1.54, 1.807) is 6.07 Å². The lowest BCUT2D eigenvalue weighted by molar-refractivity contribution is -0.110. The monoisotopic (exact) mass is 214 g/mol. The van der Waals surface area contributed by atoms with E-state index in [-0.39, 0.29) is 0 Å². The molecule has 0 unspecified atom stereocenters. The number of benzene rings is 2. The summed E-state index contributed by atoms with van der Waals surface area (Å²) >= 11 is 0. The van der Waals surface area contributed by atoms with Gasteiger partial charge in [0.15, 0.2) is 0 Å². The van der Waals surface area contributed by atoms with Gasteiger partial charge in [0, 0.05) is 11.1 Å². The fourth-order valence-corrected chi connectivity index (χ4v) is 1.55. The number of oxime groups is 1. The highest BCUT2D eigenvalue weighted by molar-refractivity contribution is 6.32. The van der Waals surface area contributed by atoms with Crippen LogP contribution in [0.4, 0.5) is 5.69 Å². The number of hydrogen-bond donors (Lipinski definition) is 2. The number of nitrogens with zero attached hydrogens (tertiary/aromatic N) is 1. The summed E-state index contributed by atoms with van der Waals surface area (Å²) in [6.45, 7) is 0. The van der Waals surface area contributed by atoms with Crippen LogP contribution < -0.4 is 5.32 Å². The van der Waals surface area contributed by atoms with Gasteiger partial charge in [-0.2, -0.15) is 0 Å². The van der Waals surface area contributed by atoms with Crippen LogP contribution in [0.1, 0.15) is 0 Å². The molecule has 0 saturated heterocycles. The molecule has 2 aromatic rings. The first-order valence-corrected chi connectivity index (χ1v) is 4.77. The quantitative estimate of drug-likeness (QED) is 0.457. The lowest BCUT2D eigenvalue weighted by atomic mass is 10.1. The van der Waals surface area contributed by atoms with Gasteiger partial charge in [-0.05, 0) is 11.5 Å². The van der Waals surface area contributed by atoms with E-state index in [0.717, 1.165) is 17.0 Å². The summed E-state index contributed by atoms with van der Waals surface area (Å²) in [5.74, 6) is -0.459. The molecule has 0 aliphatic heterocycles. The summed E-state index contributed by atoms with van der Waals surface area (Å²) in [6, 6.07) is 13.3. The van der Waals surface area contributed by atoms with Crippen molar-refractivity contribution < 1.29 is 10.0 Å². The predicted molar refractivity (Wildman–Crippen MR) is 62.9 cm³/mol. The number of nitrogens with one attached hydrogen (secondary N) is 1. The molecule has 0 spiro atoms. The van der Waals surface area contributed by atoms with Gasteiger partial charge in [-0.3, -0.25) is 4.79 Å². The van der Waals surface area contributed by atoms with Crippen LogP contribution in [0, 0.1) is 0 Å². The summed E-state index contributed by atoms with van der Waals surface area (Å²) in [7, 11) is 0. The molecule has 0 saturated carbocycles. The molecular formula is C12H10N2O2. The molecular weight excluding hydrogens is 204 g/mol. The number of hydrogen-bond acceptors (Lipinski definition) is 3. The van der Waals surface area contributed by atoms with Crippen LogP contribution in [0.2, 0.25) is 0 Å². The topological polar surface area (TPSA) is 61.7 Å². The lowest BCUT2D eigenvalue weighted by Gasteiger charge is -2.05. The highest BCUT2D eigenvalue weighted by Crippen LogP contribution is 2.22. The average Bonchev–Trinajstić information content (AvgIpc) is 2.30. The molecule has 0 aliphatic carbocycles. The first-order valence-electron chi connectivity index (χ1n) is 4.77. The summed E-state index contributed by atoms with van der Waals surface area (Å²) in [6.07, 6.45) is 0.821. The minimum Gasteiger partial charge on any atom is -0.411 e. The molecule has 0 fully saturated rings. The van der Waals surface area contributed by atoms with Crippen LogP contribution in [0.15, 0.2) is 47.6 Å². The van der Waals surface area contributed by atoms with E-state index >= 15 is 0 Å². The highest BCUT2D eigenvalue weighted by atomic mass is 16.4. The molecule has 80 valence electrons. The third-order valence-corrected chi connectivity index (χ3v) is 2.22. The van der Waals surface area contributed by atoms with E-state index in [0.29, 0.717) is 5.69 Å². The minimum absolute atomic E-state index is 0.459. The summed E-state index contributed by atoms with van der Waals surface area (Å²) in [5.41, 5.74) is 0.697. The largest absolute Gasteiger partial charge is 0.411 e. The third-order valence-electron chi connectivity index (χ3n) is 2.22. The molecule has 2 aromatic carbocycles. The molecule has 0 aliphatic rings. The van der Waals surface area contributed by atoms with Crippen LogP contribution in [0.25, 0.3) is 10.8 Å². The number of anilines is 1. The maximum absolute atomic E-state index is 11.2. The van der Waals surface area contributed by atoms with Crippen molar-refractivity contribution in [3.8, 4) is 0 Å². The van der Waals surface area contributed by atoms with Gasteiger partial charge in [-0.15, -0.1) is 0 Å². The van der Waals surface area contributed by atoms with E-state index in [2.05, 4.69) is 10.5 Å². The van der Waals surface area contributed by atoms with Crippen molar-refractivity contribution in [2.24, 2.45) is 5.16 Å². The Balaban J connectivity index is 2.41. The molecule has 1 amide bonds. The standard InChI is InChI=1S/C12H10N2O2/c15-12(8-13-16)14-11-7-3-5-9-4-1-2-6-10(9)11/h1-8,16H,(H,14,15)/b13-8-. The second-order valence-electron chi connectivity index (χ2n) is 3.26. The van der Waals surface area contributed by atoms with E-state index in [1.807, 2.05) is 36.4 Å². The van der Waals surface area contributed by atoms with Gasteiger partial charge >= 0.3 is 0 Å². The number of amides is 1. The SMILES string of the molecule is O=C(/C=N\O)Nc1cccc2ccccc12. The predicted octanol–water partition coefficient (Wildman–Crippen LogP) is 2.24. The first kappa shape index (κ1) is 10.2. The summed E-state index contributed by atoms with van der Waals surface area (Å²) < 4.78 is 0. The Kier molecular flexibility index (Phi) is 2.82. The zero-order chi connectivity index (χ0) is 11.4. The fraction of sp³-hybridized carbons (Fsp3) is 0. The van der Waals surface area contributed by atoms with Gasteiger partial charge in [0.1, 0.15) is 6.21 Å². The molecule has 0 aromatic heterocycles. The van der Waals surface area contributed by atoms with Gasteiger partial charge in [-0.25, -0.2) is 0 Å². The lowest BCUT2D eigenvalue weighted by Crippen LogP contribution is -2.12. The Morgan fingerprint density at radius 3 is 2.75 bits per heavy atom. The Labute approximate surface area is 92.2 Å². The van der Waals surface area contributed by atoms with E-state index in [1.165, 1.54) is 0 Å². The molecule has 2 N–H and O–H groups in total. The molecule has 0 radical (unpaired) electrons. The fourth-order valence-electron chi connectivity index (χ4n) is 1.55. The van der Waals surface area contributed by atoms with Crippen LogP contribution in [-0.2, 0) is 4.79 Å². The molecule has 2 rings (SSSR count). The van der Waals surface area contributed by atoms with Crippen LogP contribution in [0.5, 0.6) is 0 Å². The van der Waals surface area contributed by atoms with Crippen molar-refractivity contribution in [3.63, 3.8) is 0 Å². The van der Waals surface area contributed by atoms with Crippen molar-refractivity contribution >= 4 is 28.6 Å². The summed E-state index contributed by atoms with van der Waals surface area (Å²) in [4.78, 5) is 11.2. The third kappa shape index (κ3) is 2.00. The number of carbonyl (C=O) groups excluding carboxylic acids is 1. The average molecular weight is 214 g/mol. The number of rotatable bonds is 2. The van der Waals surface area contributed by atoms with Gasteiger partial charge in [-0.1, -0.05) is 41.6 Å². The Morgan fingerprint density at radius 1 is 1.19 bits per heavy atom. The second kappa shape index (κ2) is 4.44. The van der Waals surface area contributed by atoms with E-state index in [9.17, 15) is 4.79 Å². The van der Waals surface area contributed by atoms with Crippen molar-refractivity contribution in [1.29, 1.82) is 0 Å². The molecule has 4 nitrogen and oxygen atoms in total. The van der Waals surface area contributed by atoms with Crippen molar-refractivity contribution in [3.05, 3.63) is 42.5 Å². The normalized spacial score (nSPS) is 10.8. The minimum atomic E-state index is -0.459. The van der Waals surface area contributed by atoms with Gasteiger partial charge in [0.2, 0.25) is 0 Å². The van der Waals surface area contributed by atoms with Crippen molar-refractivity contribution in [2.45, 2.75) is 0 Å². The maximum atomic E-state index is 11.2. The van der Waals surface area contributed by atoms with Crippen LogP contribution >= 0.6 is 0 Å². The number of fused-ring (bicyclic) bond motifs is 1. The molecule has 0 bridgehead atoms. The van der Waals surface area contributed by atoms with E-state index in [4.69, 9.17) is 5.21 Å². The number of carbonyl (C=O) groups is 1. The van der Waals surface area contributed by atoms with Gasteiger partial charge in [0.25, 0.3) is 5.91 Å². The van der Waals surface area contributed by atoms with E-state index < -0.39 is 5.91 Å². The Hall–Kier alpha value is -2.36. The Morgan fingerprint density at radius 2 is 1.94 bits per heavy atom. The molecule has 0 heterocycles. The second-order valence-corrected chi connectivity index (χ2v) is 3.26. The molecule has 16 heavy (non-hydrogen) atoms. The van der Waals surface area contributed by atoms with Crippen LogP contribution in [-0.4, -0.2) is 17.3 Å². The first-order chi connectivity index (χ1) is 7.81. The van der Waals surface area contributed by atoms with Crippen molar-refractivity contribution in [1.82, 2.24) is 0 Å². The van der Waals surface area contributed by atoms with Gasteiger partial charge in [0.05, 0.1) is 0 Å². The Bertz CT molecular complexity index is 544. The zero-order valence-corrected chi connectivity index (χ0v) is 8.42. The maximum Gasteiger partial charge on any atom is 0.270 e.